The van der Waals surface area contributed by atoms with Crippen molar-refractivity contribution < 1.29 is 14.2 Å². The zero-order valence-corrected chi connectivity index (χ0v) is 13.9. The highest BCUT2D eigenvalue weighted by atomic mass is 16.5. The van der Waals surface area contributed by atoms with E-state index >= 15 is 0 Å². The van der Waals surface area contributed by atoms with E-state index in [2.05, 4.69) is 0 Å². The first kappa shape index (κ1) is 17.2. The molecule has 2 aromatic rings. The molecule has 23 heavy (non-hydrogen) atoms. The maximum Gasteiger partial charge on any atom is 0.161 e. The van der Waals surface area contributed by atoms with Crippen molar-refractivity contribution in [2.75, 3.05) is 26.4 Å². The molecule has 0 aromatic heterocycles. The van der Waals surface area contributed by atoms with Gasteiger partial charge in [-0.2, -0.15) is 0 Å². The van der Waals surface area contributed by atoms with Crippen LogP contribution in [0.5, 0.6) is 17.2 Å². The van der Waals surface area contributed by atoms with Crippen LogP contribution in [0.25, 0.3) is 0 Å². The molecule has 0 heterocycles. The highest BCUT2D eigenvalue weighted by Gasteiger charge is 2.07. The fraction of sp³-hybridized carbons (Fsp3) is 0.368. The SMILES string of the molecule is CCOc1cc(CCN)ccc1OCCOc1ccccc1C. The molecule has 124 valence electrons. The quantitative estimate of drug-likeness (QED) is 0.721. The lowest BCUT2D eigenvalue weighted by Crippen LogP contribution is -2.10. The van der Waals surface area contributed by atoms with Crippen LogP contribution in [-0.2, 0) is 6.42 Å². The van der Waals surface area contributed by atoms with Crippen LogP contribution in [0.3, 0.4) is 0 Å². The van der Waals surface area contributed by atoms with Gasteiger partial charge in [0.15, 0.2) is 11.5 Å². The summed E-state index contributed by atoms with van der Waals surface area (Å²) in [5, 5.41) is 0. The van der Waals surface area contributed by atoms with Crippen molar-refractivity contribution >= 4 is 0 Å². The summed E-state index contributed by atoms with van der Waals surface area (Å²) in [5.74, 6) is 2.38. The number of benzene rings is 2. The van der Waals surface area contributed by atoms with Crippen molar-refractivity contribution in [3.8, 4) is 17.2 Å². The molecule has 0 aliphatic rings. The summed E-state index contributed by atoms with van der Waals surface area (Å²) in [4.78, 5) is 0. The number of nitrogens with two attached hydrogens (primary N) is 1. The van der Waals surface area contributed by atoms with Crippen LogP contribution >= 0.6 is 0 Å². The number of ether oxygens (including phenoxy) is 3. The van der Waals surface area contributed by atoms with Gasteiger partial charge in [-0.1, -0.05) is 24.3 Å². The van der Waals surface area contributed by atoms with Gasteiger partial charge in [0.25, 0.3) is 0 Å². The van der Waals surface area contributed by atoms with E-state index < -0.39 is 0 Å². The molecule has 0 atom stereocenters. The number of hydrogen-bond donors (Lipinski definition) is 1. The molecule has 0 spiro atoms. The fourth-order valence-corrected chi connectivity index (χ4v) is 2.28. The van der Waals surface area contributed by atoms with E-state index in [1.54, 1.807) is 0 Å². The molecule has 0 aliphatic carbocycles. The molecule has 0 saturated heterocycles. The number of para-hydroxylation sites is 1. The van der Waals surface area contributed by atoms with Crippen LogP contribution in [0.4, 0.5) is 0 Å². The van der Waals surface area contributed by atoms with Crippen LogP contribution in [0, 0.1) is 6.92 Å². The van der Waals surface area contributed by atoms with E-state index in [1.165, 1.54) is 0 Å². The average Bonchev–Trinajstić information content (AvgIpc) is 2.55. The Morgan fingerprint density at radius 2 is 1.61 bits per heavy atom. The normalized spacial score (nSPS) is 10.4. The minimum Gasteiger partial charge on any atom is -0.490 e. The largest absolute Gasteiger partial charge is 0.490 e. The van der Waals surface area contributed by atoms with Crippen molar-refractivity contribution in [2.24, 2.45) is 5.73 Å². The summed E-state index contributed by atoms with van der Waals surface area (Å²) < 4.78 is 17.2. The third-order valence-electron chi connectivity index (χ3n) is 3.43. The molecule has 0 amide bonds. The minimum atomic E-state index is 0.463. The molecular formula is C19H25NO3. The maximum atomic E-state index is 5.80. The van der Waals surface area contributed by atoms with Crippen molar-refractivity contribution in [2.45, 2.75) is 20.3 Å². The van der Waals surface area contributed by atoms with Crippen molar-refractivity contribution in [3.63, 3.8) is 0 Å². The summed E-state index contributed by atoms with van der Waals surface area (Å²) >= 11 is 0. The first-order valence-electron chi connectivity index (χ1n) is 8.01. The second kappa shape index (κ2) is 9.06. The highest BCUT2D eigenvalue weighted by molar-refractivity contribution is 5.43. The van der Waals surface area contributed by atoms with E-state index in [-0.39, 0.29) is 0 Å². The lowest BCUT2D eigenvalue weighted by molar-refractivity contribution is 0.207. The van der Waals surface area contributed by atoms with Crippen molar-refractivity contribution in [1.82, 2.24) is 0 Å². The van der Waals surface area contributed by atoms with Crippen molar-refractivity contribution in [3.05, 3.63) is 53.6 Å². The molecular weight excluding hydrogens is 290 g/mol. The van der Waals surface area contributed by atoms with Gasteiger partial charge in [-0.3, -0.25) is 0 Å². The topological polar surface area (TPSA) is 53.7 Å². The molecule has 0 saturated carbocycles. The van der Waals surface area contributed by atoms with E-state index in [0.717, 1.165) is 34.8 Å². The molecule has 4 heteroatoms. The number of hydrogen-bond acceptors (Lipinski definition) is 4. The van der Waals surface area contributed by atoms with Gasteiger partial charge in [-0.25, -0.2) is 0 Å². The predicted octanol–water partition coefficient (Wildman–Crippen LogP) is 3.35. The number of aryl methyl sites for hydroxylation is 1. The van der Waals surface area contributed by atoms with Crippen molar-refractivity contribution in [1.29, 1.82) is 0 Å². The van der Waals surface area contributed by atoms with Gasteiger partial charge in [0.2, 0.25) is 0 Å². The maximum absolute atomic E-state index is 5.80. The lowest BCUT2D eigenvalue weighted by Gasteiger charge is -2.14. The minimum absolute atomic E-state index is 0.463. The molecule has 0 fully saturated rings. The second-order valence-corrected chi connectivity index (χ2v) is 5.22. The van der Waals surface area contributed by atoms with Crippen LogP contribution in [0.2, 0.25) is 0 Å². The highest BCUT2D eigenvalue weighted by Crippen LogP contribution is 2.28. The Kier molecular flexibility index (Phi) is 6.76. The standard InChI is InChI=1S/C19H25NO3/c1-3-21-19-14-16(10-11-20)8-9-18(19)23-13-12-22-17-7-5-4-6-15(17)2/h4-9,14H,3,10-13,20H2,1-2H3. The van der Waals surface area contributed by atoms with Gasteiger partial charge < -0.3 is 19.9 Å². The van der Waals surface area contributed by atoms with Gasteiger partial charge in [-0.15, -0.1) is 0 Å². The van der Waals surface area contributed by atoms with Crippen LogP contribution in [-0.4, -0.2) is 26.4 Å². The summed E-state index contributed by atoms with van der Waals surface area (Å²) in [6.45, 7) is 6.16. The molecule has 4 nitrogen and oxygen atoms in total. The second-order valence-electron chi connectivity index (χ2n) is 5.22. The van der Waals surface area contributed by atoms with E-state index in [4.69, 9.17) is 19.9 Å². The third kappa shape index (κ3) is 5.18. The van der Waals surface area contributed by atoms with E-state index in [9.17, 15) is 0 Å². The summed E-state index contributed by atoms with van der Waals surface area (Å²) in [5.41, 5.74) is 7.87. The fourth-order valence-electron chi connectivity index (χ4n) is 2.28. The average molecular weight is 315 g/mol. The van der Waals surface area contributed by atoms with Crippen LogP contribution in [0.15, 0.2) is 42.5 Å². The first-order valence-corrected chi connectivity index (χ1v) is 8.01. The Morgan fingerprint density at radius 3 is 2.30 bits per heavy atom. The van der Waals surface area contributed by atoms with Gasteiger partial charge in [0, 0.05) is 0 Å². The Bertz CT molecular complexity index is 613. The smallest absolute Gasteiger partial charge is 0.161 e. The van der Waals surface area contributed by atoms with E-state index in [1.807, 2.05) is 56.3 Å². The Balaban J connectivity index is 1.90. The zero-order valence-electron chi connectivity index (χ0n) is 13.9. The molecule has 2 rings (SSSR count). The Morgan fingerprint density at radius 1 is 0.870 bits per heavy atom. The van der Waals surface area contributed by atoms with E-state index in [0.29, 0.717) is 26.4 Å². The molecule has 0 unspecified atom stereocenters. The zero-order chi connectivity index (χ0) is 16.5. The molecule has 0 radical (unpaired) electrons. The monoisotopic (exact) mass is 315 g/mol. The molecule has 0 bridgehead atoms. The summed E-state index contributed by atoms with van der Waals surface area (Å²) in [6.07, 6.45) is 0.830. The summed E-state index contributed by atoms with van der Waals surface area (Å²) in [6, 6.07) is 13.9. The number of rotatable bonds is 9. The lowest BCUT2D eigenvalue weighted by atomic mass is 10.1. The molecule has 2 aromatic carbocycles. The first-order chi connectivity index (χ1) is 11.2. The molecule has 2 N–H and O–H groups in total. The van der Waals surface area contributed by atoms with Gasteiger partial charge in [0.1, 0.15) is 19.0 Å². The van der Waals surface area contributed by atoms with Gasteiger partial charge >= 0.3 is 0 Å². The Hall–Kier alpha value is -2.20. The van der Waals surface area contributed by atoms with Gasteiger partial charge in [-0.05, 0) is 56.1 Å². The van der Waals surface area contributed by atoms with Gasteiger partial charge in [0.05, 0.1) is 6.61 Å². The van der Waals surface area contributed by atoms with Crippen LogP contribution in [0.1, 0.15) is 18.1 Å². The molecule has 0 aliphatic heterocycles. The third-order valence-corrected chi connectivity index (χ3v) is 3.43. The Labute approximate surface area is 138 Å². The predicted molar refractivity (Wildman–Crippen MR) is 92.5 cm³/mol. The van der Waals surface area contributed by atoms with Crippen LogP contribution < -0.4 is 19.9 Å². The summed E-state index contributed by atoms with van der Waals surface area (Å²) in [7, 11) is 0.